The van der Waals surface area contributed by atoms with Gasteiger partial charge in [-0.2, -0.15) is 4.31 Å². The molecule has 0 amide bonds. The normalized spacial score (nSPS) is 25.1. The number of nitrogens with two attached hydrogens (primary N) is 1. The molecule has 2 N–H and O–H groups in total. The Balaban J connectivity index is 0.00000162. The summed E-state index contributed by atoms with van der Waals surface area (Å²) in [5.41, 5.74) is 5.88. The van der Waals surface area contributed by atoms with Gasteiger partial charge >= 0.3 is 0 Å². The number of aryl methyl sites for hydroxylation is 2. The second kappa shape index (κ2) is 5.46. The van der Waals surface area contributed by atoms with Crippen LogP contribution in [0.2, 0.25) is 0 Å². The average molecular weight is 311 g/mol. The van der Waals surface area contributed by atoms with Crippen molar-refractivity contribution < 1.29 is 8.42 Å². The lowest BCUT2D eigenvalue weighted by Gasteiger charge is -2.15. The summed E-state index contributed by atoms with van der Waals surface area (Å²) in [5, 5.41) is 0. The molecule has 4 nitrogen and oxygen atoms in total. The number of sulfonamides is 1. The lowest BCUT2D eigenvalue weighted by atomic mass is 10.1. The Labute approximate surface area is 119 Å². The van der Waals surface area contributed by atoms with Gasteiger partial charge in [-0.3, -0.25) is 0 Å². The van der Waals surface area contributed by atoms with Crippen LogP contribution in [0.15, 0.2) is 11.0 Å². The van der Waals surface area contributed by atoms with Gasteiger partial charge in [0.15, 0.2) is 0 Å². The molecule has 0 spiro atoms. The minimum atomic E-state index is -3.35. The molecular weight excluding hydrogens is 292 g/mol. The highest BCUT2D eigenvalue weighted by Gasteiger charge is 2.36. The fraction of sp³-hybridized carbons (Fsp3) is 0.636. The summed E-state index contributed by atoms with van der Waals surface area (Å²) in [6.07, 6.45) is 0. The Morgan fingerprint density at radius 3 is 2.39 bits per heavy atom. The van der Waals surface area contributed by atoms with Crippen molar-refractivity contribution in [2.75, 3.05) is 13.1 Å². The van der Waals surface area contributed by atoms with Crippen LogP contribution in [0.4, 0.5) is 0 Å². The zero-order chi connectivity index (χ0) is 12.8. The van der Waals surface area contributed by atoms with Gasteiger partial charge in [0, 0.05) is 28.9 Å². The van der Waals surface area contributed by atoms with Gasteiger partial charge in [-0.25, -0.2) is 8.42 Å². The maximum absolute atomic E-state index is 12.4. The van der Waals surface area contributed by atoms with Gasteiger partial charge in [0.25, 0.3) is 0 Å². The van der Waals surface area contributed by atoms with E-state index in [1.54, 1.807) is 6.07 Å². The van der Waals surface area contributed by atoms with Crippen LogP contribution in [-0.4, -0.2) is 31.9 Å². The lowest BCUT2D eigenvalue weighted by molar-refractivity contribution is 0.464. The third kappa shape index (κ3) is 2.72. The van der Waals surface area contributed by atoms with Crippen LogP contribution < -0.4 is 5.73 Å². The smallest absolute Gasteiger partial charge is 0.244 e. The fourth-order valence-electron chi connectivity index (χ4n) is 2.15. The van der Waals surface area contributed by atoms with Gasteiger partial charge < -0.3 is 5.73 Å². The van der Waals surface area contributed by atoms with E-state index in [1.165, 1.54) is 15.6 Å². The van der Waals surface area contributed by atoms with Gasteiger partial charge in [-0.05, 0) is 25.8 Å². The minimum absolute atomic E-state index is 0. The van der Waals surface area contributed by atoms with E-state index in [-0.39, 0.29) is 24.4 Å². The van der Waals surface area contributed by atoms with Crippen LogP contribution in [0.3, 0.4) is 0 Å². The number of hydrogen-bond donors (Lipinski definition) is 1. The van der Waals surface area contributed by atoms with Crippen molar-refractivity contribution in [2.45, 2.75) is 31.7 Å². The number of rotatable bonds is 2. The molecule has 1 aromatic heterocycles. The van der Waals surface area contributed by atoms with Crippen molar-refractivity contribution in [3.05, 3.63) is 15.8 Å². The van der Waals surface area contributed by atoms with E-state index in [0.29, 0.717) is 18.0 Å². The standard InChI is InChI=1S/C11H18N2O2S2.ClH/c1-7-5-13(6-10(7)12)17(14,15)11-4-8(2)16-9(11)3;/h4,7,10H,5-6,12H2,1-3H3;1H. The summed E-state index contributed by atoms with van der Waals surface area (Å²) < 4.78 is 26.4. The molecule has 2 heterocycles. The molecule has 0 radical (unpaired) electrons. The van der Waals surface area contributed by atoms with Crippen molar-refractivity contribution in [3.8, 4) is 0 Å². The van der Waals surface area contributed by atoms with Crippen molar-refractivity contribution in [1.82, 2.24) is 4.31 Å². The maximum atomic E-state index is 12.4. The van der Waals surface area contributed by atoms with Crippen LogP contribution in [0, 0.1) is 19.8 Å². The second-order valence-corrected chi connectivity index (χ2v) is 8.11. The van der Waals surface area contributed by atoms with Gasteiger partial charge in [-0.1, -0.05) is 6.92 Å². The van der Waals surface area contributed by atoms with Crippen LogP contribution >= 0.6 is 23.7 Å². The van der Waals surface area contributed by atoms with Crippen LogP contribution in [0.5, 0.6) is 0 Å². The molecule has 1 aliphatic rings. The molecule has 1 aromatic rings. The van der Waals surface area contributed by atoms with E-state index >= 15 is 0 Å². The molecule has 7 heteroatoms. The molecule has 0 saturated carbocycles. The first-order chi connectivity index (χ1) is 7.82. The summed E-state index contributed by atoms with van der Waals surface area (Å²) in [6.45, 7) is 6.72. The Kier molecular flexibility index (Phi) is 4.83. The zero-order valence-electron chi connectivity index (χ0n) is 10.7. The average Bonchev–Trinajstić information content (AvgIpc) is 2.72. The molecule has 2 atom stereocenters. The molecular formula is C11H19ClN2O2S2. The molecule has 0 aromatic carbocycles. The lowest BCUT2D eigenvalue weighted by Crippen LogP contribution is -2.32. The van der Waals surface area contributed by atoms with Crippen LogP contribution in [-0.2, 0) is 10.0 Å². The number of nitrogens with zero attached hydrogens (tertiary/aromatic N) is 1. The SMILES string of the molecule is Cc1cc(S(=O)(=O)N2CC(C)C(N)C2)c(C)s1.Cl. The van der Waals surface area contributed by atoms with Crippen LogP contribution in [0.1, 0.15) is 16.7 Å². The Morgan fingerprint density at radius 1 is 1.39 bits per heavy atom. The maximum Gasteiger partial charge on any atom is 0.244 e. The van der Waals surface area contributed by atoms with Crippen molar-refractivity contribution in [3.63, 3.8) is 0 Å². The molecule has 0 aliphatic carbocycles. The van der Waals surface area contributed by atoms with Gasteiger partial charge in [0.05, 0.1) is 4.90 Å². The zero-order valence-corrected chi connectivity index (χ0v) is 13.2. The van der Waals surface area contributed by atoms with E-state index in [2.05, 4.69) is 0 Å². The molecule has 2 unspecified atom stereocenters. The van der Waals surface area contributed by atoms with E-state index in [9.17, 15) is 8.42 Å². The summed E-state index contributed by atoms with van der Waals surface area (Å²) in [5.74, 6) is 0.227. The first kappa shape index (κ1) is 15.9. The van der Waals surface area contributed by atoms with Gasteiger partial charge in [0.1, 0.15) is 0 Å². The number of thiophene rings is 1. The van der Waals surface area contributed by atoms with E-state index in [4.69, 9.17) is 5.73 Å². The van der Waals surface area contributed by atoms with E-state index in [1.807, 2.05) is 20.8 Å². The van der Waals surface area contributed by atoms with E-state index in [0.717, 1.165) is 9.75 Å². The molecule has 0 bridgehead atoms. The highest BCUT2D eigenvalue weighted by atomic mass is 35.5. The van der Waals surface area contributed by atoms with Crippen molar-refractivity contribution in [1.29, 1.82) is 0 Å². The summed E-state index contributed by atoms with van der Waals surface area (Å²) in [7, 11) is -3.35. The Bertz CT molecular complexity index is 517. The quantitative estimate of drug-likeness (QED) is 0.905. The topological polar surface area (TPSA) is 63.4 Å². The summed E-state index contributed by atoms with van der Waals surface area (Å²) >= 11 is 1.52. The van der Waals surface area contributed by atoms with Crippen LogP contribution in [0.25, 0.3) is 0 Å². The Morgan fingerprint density at radius 2 is 2.00 bits per heavy atom. The predicted molar refractivity (Wildman–Crippen MR) is 76.9 cm³/mol. The van der Waals surface area contributed by atoms with Gasteiger partial charge in [-0.15, -0.1) is 23.7 Å². The molecule has 1 fully saturated rings. The number of hydrogen-bond acceptors (Lipinski definition) is 4. The highest BCUT2D eigenvalue weighted by Crippen LogP contribution is 2.30. The Hall–Kier alpha value is -0.140. The minimum Gasteiger partial charge on any atom is -0.326 e. The van der Waals surface area contributed by atoms with Crippen molar-refractivity contribution >= 4 is 33.8 Å². The largest absolute Gasteiger partial charge is 0.326 e. The molecule has 104 valence electrons. The second-order valence-electron chi connectivity index (χ2n) is 4.74. The first-order valence-corrected chi connectivity index (χ1v) is 7.91. The molecule has 1 saturated heterocycles. The third-order valence-corrected chi connectivity index (χ3v) is 6.30. The molecule has 2 rings (SSSR count). The molecule has 18 heavy (non-hydrogen) atoms. The predicted octanol–water partition coefficient (Wildman–Crippen LogP) is 1.75. The number of halogens is 1. The fourth-order valence-corrected chi connectivity index (χ4v) is 5.25. The van der Waals surface area contributed by atoms with E-state index < -0.39 is 10.0 Å². The first-order valence-electron chi connectivity index (χ1n) is 5.65. The summed E-state index contributed by atoms with van der Waals surface area (Å²) in [6, 6.07) is 1.70. The molecule has 1 aliphatic heterocycles. The third-order valence-electron chi connectivity index (χ3n) is 3.25. The van der Waals surface area contributed by atoms with Crippen molar-refractivity contribution in [2.24, 2.45) is 11.7 Å². The van der Waals surface area contributed by atoms with Gasteiger partial charge in [0.2, 0.25) is 10.0 Å². The monoisotopic (exact) mass is 310 g/mol. The summed E-state index contributed by atoms with van der Waals surface area (Å²) in [4.78, 5) is 2.33. The highest BCUT2D eigenvalue weighted by molar-refractivity contribution is 7.89.